The lowest BCUT2D eigenvalue weighted by atomic mass is 9.90. The van der Waals surface area contributed by atoms with E-state index in [9.17, 15) is 19.6 Å². The molecule has 10 heteroatoms. The van der Waals surface area contributed by atoms with Crippen molar-refractivity contribution in [3.8, 4) is 6.07 Å². The van der Waals surface area contributed by atoms with Crippen LogP contribution in [0.25, 0.3) is 0 Å². The molecule has 0 aromatic carbocycles. The van der Waals surface area contributed by atoms with E-state index in [-0.39, 0.29) is 51.8 Å². The monoisotopic (exact) mass is 520 g/mol. The molecule has 5 atom stereocenters. The Morgan fingerprint density at radius 2 is 1.97 bits per heavy atom. The molecule has 3 amide bonds. The Hall–Kier alpha value is -1.96. The number of carbonyl (C=O) groups is 3. The van der Waals surface area contributed by atoms with Crippen LogP contribution in [0.5, 0.6) is 0 Å². The molecule has 1 saturated carbocycles. The minimum atomic E-state index is -0.756. The molecule has 1 aliphatic carbocycles. The van der Waals surface area contributed by atoms with Crippen molar-refractivity contribution in [2.75, 3.05) is 18.8 Å². The summed E-state index contributed by atoms with van der Waals surface area (Å²) in [5, 5.41) is 19.2. The number of rotatable bonds is 8. The minimum Gasteiger partial charge on any atom is -0.356 e. The number of piperidine rings is 1. The topological polar surface area (TPSA) is 140 Å². The van der Waals surface area contributed by atoms with Crippen LogP contribution in [0.15, 0.2) is 0 Å². The average molecular weight is 521 g/mol. The molecule has 0 aromatic rings. The Balaban J connectivity index is 1.66. The fraction of sp³-hybridized carbons (Fsp3) is 0.808. The van der Waals surface area contributed by atoms with Gasteiger partial charge in [0.15, 0.2) is 0 Å². The smallest absolute Gasteiger partial charge is 0.244 e. The molecule has 3 rings (SSSR count). The molecule has 5 N–H and O–H groups in total. The van der Waals surface area contributed by atoms with E-state index < -0.39 is 12.1 Å². The fourth-order valence-corrected chi connectivity index (χ4v) is 6.81. The summed E-state index contributed by atoms with van der Waals surface area (Å²) >= 11 is 0.944. The van der Waals surface area contributed by atoms with Gasteiger partial charge in [0.05, 0.1) is 11.2 Å². The summed E-state index contributed by atoms with van der Waals surface area (Å²) in [4.78, 5) is 40.6. The highest BCUT2D eigenvalue weighted by Gasteiger charge is 2.69. The second-order valence-corrected chi connectivity index (χ2v) is 14.2. The van der Waals surface area contributed by atoms with E-state index in [2.05, 4.69) is 70.5 Å². The van der Waals surface area contributed by atoms with Gasteiger partial charge in [0, 0.05) is 31.0 Å². The first-order chi connectivity index (χ1) is 16.6. The van der Waals surface area contributed by atoms with Gasteiger partial charge in [-0.1, -0.05) is 27.7 Å². The van der Waals surface area contributed by atoms with E-state index in [1.54, 1.807) is 4.90 Å². The second-order valence-electron chi connectivity index (χ2n) is 13.1. The maximum atomic E-state index is 13.5. The number of nitriles is 1. The van der Waals surface area contributed by atoms with Crippen LogP contribution in [0.2, 0.25) is 0 Å². The molecule has 0 bridgehead atoms. The standard InChI is InChI=1S/C26H44N6O3S/c1-24(2,3)31-23(28)36-14-25(4,5)11-18(33)32-13-17-19(26(17,6)7)20(32)22(35)30-16(12-27)10-15-8-9-29-21(15)34/h15-17,19-20,31,36H,8-11,13-14,28H2,1-7H3,(H,29,34)(H,30,35)/t15-,16-,17-,19?,20-/m0/s1. The second kappa shape index (κ2) is 10.4. The summed E-state index contributed by atoms with van der Waals surface area (Å²) < 4.78 is 0. The van der Waals surface area contributed by atoms with Crippen LogP contribution in [0.4, 0.5) is 0 Å². The SMILES string of the molecule is CC(C)(C/[SH]=C(\N)NC(C)(C)C)CC(=O)N1C[C@H]2C([C@H]1C(=O)N[C@H](C#N)C[C@@H]1CCNC1=O)C2(C)C. The van der Waals surface area contributed by atoms with Gasteiger partial charge in [0.1, 0.15) is 12.1 Å². The zero-order valence-corrected chi connectivity index (χ0v) is 23.7. The van der Waals surface area contributed by atoms with Crippen molar-refractivity contribution in [2.45, 2.75) is 85.4 Å². The van der Waals surface area contributed by atoms with Crippen molar-refractivity contribution in [1.82, 2.24) is 20.9 Å². The number of likely N-dealkylation sites (tertiary alicyclic amines) is 1. The van der Waals surface area contributed by atoms with Crippen LogP contribution in [0, 0.1) is 39.9 Å². The molecule has 2 saturated heterocycles. The molecule has 36 heavy (non-hydrogen) atoms. The van der Waals surface area contributed by atoms with Crippen LogP contribution in [0.3, 0.4) is 0 Å². The number of fused-ring (bicyclic) bond motifs is 1. The zero-order chi connectivity index (χ0) is 27.1. The maximum Gasteiger partial charge on any atom is 0.244 e. The molecular weight excluding hydrogens is 476 g/mol. The molecule has 2 aliphatic heterocycles. The normalized spacial score (nSPS) is 28.5. The van der Waals surface area contributed by atoms with Crippen molar-refractivity contribution in [1.29, 1.82) is 5.26 Å². The number of carbonyl (C=O) groups excluding carboxylic acids is 3. The molecule has 3 aliphatic rings. The summed E-state index contributed by atoms with van der Waals surface area (Å²) in [6.07, 6.45) is 1.27. The lowest BCUT2D eigenvalue weighted by Crippen LogP contribution is -2.52. The van der Waals surface area contributed by atoms with Crippen molar-refractivity contribution in [3.05, 3.63) is 0 Å². The summed E-state index contributed by atoms with van der Waals surface area (Å²) in [6, 6.07) is 0.801. The molecule has 202 valence electrons. The van der Waals surface area contributed by atoms with Crippen molar-refractivity contribution in [3.63, 3.8) is 0 Å². The number of hydrogen-bond donors (Lipinski definition) is 5. The largest absolute Gasteiger partial charge is 0.356 e. The lowest BCUT2D eigenvalue weighted by molar-refractivity contribution is -0.141. The van der Waals surface area contributed by atoms with E-state index in [1.807, 2.05) is 0 Å². The first kappa shape index (κ1) is 28.6. The van der Waals surface area contributed by atoms with Gasteiger partial charge in [-0.3, -0.25) is 25.4 Å². The van der Waals surface area contributed by atoms with Crippen molar-refractivity contribution in [2.24, 2.45) is 34.3 Å². The van der Waals surface area contributed by atoms with Gasteiger partial charge in [-0.25, -0.2) is 0 Å². The van der Waals surface area contributed by atoms with Gasteiger partial charge in [-0.2, -0.15) is 16.6 Å². The highest BCUT2D eigenvalue weighted by Crippen LogP contribution is 2.65. The van der Waals surface area contributed by atoms with Gasteiger partial charge >= 0.3 is 0 Å². The molecule has 9 nitrogen and oxygen atoms in total. The van der Waals surface area contributed by atoms with Crippen LogP contribution >= 0.6 is 11.4 Å². The predicted octanol–water partition coefficient (Wildman–Crippen LogP) is 1.32. The first-order valence-electron chi connectivity index (χ1n) is 12.9. The molecule has 0 aromatic heterocycles. The van der Waals surface area contributed by atoms with E-state index in [1.165, 1.54) is 0 Å². The number of amides is 3. The van der Waals surface area contributed by atoms with E-state index in [0.717, 1.165) is 17.1 Å². The van der Waals surface area contributed by atoms with E-state index in [4.69, 9.17) is 5.73 Å². The lowest BCUT2D eigenvalue weighted by Gasteiger charge is -2.33. The van der Waals surface area contributed by atoms with Crippen LogP contribution in [-0.2, 0) is 14.4 Å². The summed E-state index contributed by atoms with van der Waals surface area (Å²) in [5.74, 6) is 0.424. The fourth-order valence-electron chi connectivity index (χ4n) is 5.69. The van der Waals surface area contributed by atoms with Crippen molar-refractivity contribution >= 4 is 34.2 Å². The van der Waals surface area contributed by atoms with Crippen LogP contribution in [0.1, 0.15) is 67.7 Å². The van der Waals surface area contributed by atoms with Crippen LogP contribution in [-0.4, -0.2) is 64.2 Å². The number of nitrogens with two attached hydrogens (primary N) is 1. The summed E-state index contributed by atoms with van der Waals surface area (Å²) in [5.41, 5.74) is 5.73. The van der Waals surface area contributed by atoms with Gasteiger partial charge < -0.3 is 15.5 Å². The van der Waals surface area contributed by atoms with Gasteiger partial charge in [0.25, 0.3) is 0 Å². The quantitative estimate of drug-likeness (QED) is 0.242. The molecule has 3 fully saturated rings. The number of nitrogens with one attached hydrogen (secondary N) is 3. The van der Waals surface area contributed by atoms with E-state index >= 15 is 0 Å². The van der Waals surface area contributed by atoms with Crippen molar-refractivity contribution < 1.29 is 14.4 Å². The Morgan fingerprint density at radius 1 is 1.31 bits per heavy atom. The molecule has 2 heterocycles. The summed E-state index contributed by atoms with van der Waals surface area (Å²) in [7, 11) is 0. The van der Waals surface area contributed by atoms with Gasteiger partial charge in [-0.05, 0) is 62.0 Å². The molecule has 0 radical (unpaired) electrons. The zero-order valence-electron chi connectivity index (χ0n) is 22.8. The summed E-state index contributed by atoms with van der Waals surface area (Å²) in [6.45, 7) is 15.7. The Kier molecular flexibility index (Phi) is 8.28. The highest BCUT2D eigenvalue weighted by atomic mass is 32.1. The Bertz CT molecular complexity index is 964. The van der Waals surface area contributed by atoms with E-state index in [0.29, 0.717) is 37.5 Å². The average Bonchev–Trinajstić information content (AvgIpc) is 3.09. The number of hydrogen-bond acceptors (Lipinski definition) is 4. The number of thiol groups is 1. The predicted molar refractivity (Wildman–Crippen MR) is 144 cm³/mol. The molecule has 0 spiro atoms. The first-order valence-corrected chi connectivity index (χ1v) is 14.0. The Labute approximate surface area is 219 Å². The maximum absolute atomic E-state index is 13.5. The third-order valence-corrected chi connectivity index (χ3v) is 9.23. The van der Waals surface area contributed by atoms with Gasteiger partial charge in [0.2, 0.25) is 17.7 Å². The highest BCUT2D eigenvalue weighted by molar-refractivity contribution is 7.98. The number of nitrogens with zero attached hydrogens (tertiary/aromatic N) is 2. The third kappa shape index (κ3) is 6.67. The third-order valence-electron chi connectivity index (χ3n) is 7.76. The molecular formula is C26H44N6O3S. The molecule has 1 unspecified atom stereocenters. The van der Waals surface area contributed by atoms with Crippen LogP contribution < -0.4 is 21.7 Å². The minimum absolute atomic E-state index is 0.0115. The Morgan fingerprint density at radius 3 is 2.53 bits per heavy atom. The van der Waals surface area contributed by atoms with Gasteiger partial charge in [-0.15, -0.1) is 0 Å².